The predicted molar refractivity (Wildman–Crippen MR) is 58.1 cm³/mol. The van der Waals surface area contributed by atoms with E-state index in [4.69, 9.17) is 23.2 Å². The SMILES string of the molecule is O=C1CCCC1c1ccc(Cl)cc1Cl. The highest BCUT2D eigenvalue weighted by Crippen LogP contribution is 2.36. The normalized spacial score (nSPS) is 21.6. The Morgan fingerprint density at radius 3 is 2.64 bits per heavy atom. The average molecular weight is 229 g/mol. The quantitative estimate of drug-likeness (QED) is 0.715. The first-order chi connectivity index (χ1) is 6.68. The summed E-state index contributed by atoms with van der Waals surface area (Å²) in [6.07, 6.45) is 2.58. The number of halogens is 2. The molecule has 0 saturated heterocycles. The number of hydrogen-bond acceptors (Lipinski definition) is 1. The van der Waals surface area contributed by atoms with Crippen molar-refractivity contribution in [2.45, 2.75) is 25.2 Å². The molecule has 1 nitrogen and oxygen atoms in total. The number of rotatable bonds is 1. The first kappa shape index (κ1) is 10.0. The number of Topliss-reactive ketones (excluding diaryl/α,β-unsaturated/α-hetero) is 1. The van der Waals surface area contributed by atoms with Crippen molar-refractivity contribution < 1.29 is 4.79 Å². The Morgan fingerprint density at radius 1 is 1.29 bits per heavy atom. The lowest BCUT2D eigenvalue weighted by Crippen LogP contribution is -2.04. The van der Waals surface area contributed by atoms with Gasteiger partial charge in [0.1, 0.15) is 5.78 Å². The van der Waals surface area contributed by atoms with Crippen LogP contribution >= 0.6 is 23.2 Å². The second kappa shape index (κ2) is 3.92. The van der Waals surface area contributed by atoms with Crippen LogP contribution in [0.5, 0.6) is 0 Å². The van der Waals surface area contributed by atoms with Crippen LogP contribution in [0.4, 0.5) is 0 Å². The van der Waals surface area contributed by atoms with Gasteiger partial charge in [0.2, 0.25) is 0 Å². The molecule has 1 saturated carbocycles. The van der Waals surface area contributed by atoms with Gasteiger partial charge >= 0.3 is 0 Å². The van der Waals surface area contributed by atoms with Gasteiger partial charge in [0.05, 0.1) is 0 Å². The lowest BCUT2D eigenvalue weighted by molar-refractivity contribution is -0.118. The zero-order valence-corrected chi connectivity index (χ0v) is 9.11. The molecule has 0 aromatic heterocycles. The Balaban J connectivity index is 2.36. The van der Waals surface area contributed by atoms with Crippen molar-refractivity contribution in [2.24, 2.45) is 0 Å². The van der Waals surface area contributed by atoms with Crippen molar-refractivity contribution in [3.63, 3.8) is 0 Å². The van der Waals surface area contributed by atoms with Gasteiger partial charge in [0, 0.05) is 22.4 Å². The first-order valence-corrected chi connectivity index (χ1v) is 5.42. The lowest BCUT2D eigenvalue weighted by Gasteiger charge is -2.10. The Kier molecular flexibility index (Phi) is 2.80. The molecular formula is C11H10Cl2O. The fraction of sp³-hybridized carbons (Fsp3) is 0.364. The van der Waals surface area contributed by atoms with E-state index in [-0.39, 0.29) is 5.92 Å². The van der Waals surface area contributed by atoms with Crippen molar-refractivity contribution in [3.8, 4) is 0 Å². The Labute approximate surface area is 93.0 Å². The number of benzene rings is 1. The summed E-state index contributed by atoms with van der Waals surface area (Å²) in [7, 11) is 0. The summed E-state index contributed by atoms with van der Waals surface area (Å²) in [5.41, 5.74) is 0.929. The maximum Gasteiger partial charge on any atom is 0.140 e. The number of carbonyl (C=O) groups is 1. The molecule has 14 heavy (non-hydrogen) atoms. The van der Waals surface area contributed by atoms with Crippen LogP contribution in [0.25, 0.3) is 0 Å². The molecule has 0 amide bonds. The van der Waals surface area contributed by atoms with Crippen LogP contribution in [0, 0.1) is 0 Å². The lowest BCUT2D eigenvalue weighted by atomic mass is 9.97. The van der Waals surface area contributed by atoms with Crippen LogP contribution in [0.1, 0.15) is 30.7 Å². The molecule has 3 heteroatoms. The van der Waals surface area contributed by atoms with Crippen LogP contribution in [0.15, 0.2) is 18.2 Å². The second-order valence-electron chi connectivity index (χ2n) is 3.58. The third-order valence-electron chi connectivity index (χ3n) is 2.64. The standard InChI is InChI=1S/C11H10Cl2O/c12-7-4-5-8(10(13)6-7)9-2-1-3-11(9)14/h4-6,9H,1-3H2. The van der Waals surface area contributed by atoms with E-state index in [1.54, 1.807) is 12.1 Å². The number of carbonyl (C=O) groups excluding carboxylic acids is 1. The van der Waals surface area contributed by atoms with Gasteiger partial charge in [-0.05, 0) is 30.5 Å². The van der Waals surface area contributed by atoms with E-state index in [1.807, 2.05) is 6.07 Å². The number of hydrogen-bond donors (Lipinski definition) is 0. The Hall–Kier alpha value is -0.530. The van der Waals surface area contributed by atoms with Crippen molar-refractivity contribution in [3.05, 3.63) is 33.8 Å². The molecule has 0 radical (unpaired) electrons. The number of ketones is 1. The molecule has 0 N–H and O–H groups in total. The highest BCUT2D eigenvalue weighted by molar-refractivity contribution is 6.35. The minimum Gasteiger partial charge on any atom is -0.299 e. The van der Waals surface area contributed by atoms with E-state index in [9.17, 15) is 4.79 Å². The van der Waals surface area contributed by atoms with Crippen LogP contribution in [-0.4, -0.2) is 5.78 Å². The van der Waals surface area contributed by atoms with E-state index in [0.717, 1.165) is 18.4 Å². The van der Waals surface area contributed by atoms with Gasteiger partial charge < -0.3 is 0 Å². The van der Waals surface area contributed by atoms with Gasteiger partial charge in [-0.2, -0.15) is 0 Å². The molecule has 1 unspecified atom stereocenters. The predicted octanol–water partition coefficient (Wildman–Crippen LogP) is 3.83. The second-order valence-corrected chi connectivity index (χ2v) is 4.42. The van der Waals surface area contributed by atoms with E-state index in [2.05, 4.69) is 0 Å². The van der Waals surface area contributed by atoms with Crippen molar-refractivity contribution in [1.29, 1.82) is 0 Å². The van der Waals surface area contributed by atoms with Gasteiger partial charge in [-0.25, -0.2) is 0 Å². The summed E-state index contributed by atoms with van der Waals surface area (Å²) < 4.78 is 0. The van der Waals surface area contributed by atoms with Gasteiger partial charge in [-0.3, -0.25) is 4.79 Å². The molecule has 1 atom stereocenters. The molecule has 1 aliphatic carbocycles. The van der Waals surface area contributed by atoms with E-state index in [0.29, 0.717) is 22.2 Å². The van der Waals surface area contributed by atoms with Crippen molar-refractivity contribution in [1.82, 2.24) is 0 Å². The van der Waals surface area contributed by atoms with Crippen LogP contribution in [-0.2, 0) is 4.79 Å². The minimum absolute atomic E-state index is 0.000216. The zero-order chi connectivity index (χ0) is 10.1. The van der Waals surface area contributed by atoms with E-state index in [1.165, 1.54) is 0 Å². The molecule has 0 heterocycles. The fourth-order valence-corrected chi connectivity index (χ4v) is 2.47. The largest absolute Gasteiger partial charge is 0.299 e. The summed E-state index contributed by atoms with van der Waals surface area (Å²) >= 11 is 11.8. The topological polar surface area (TPSA) is 17.1 Å². The van der Waals surface area contributed by atoms with E-state index < -0.39 is 0 Å². The summed E-state index contributed by atoms with van der Waals surface area (Å²) in [6.45, 7) is 0. The van der Waals surface area contributed by atoms with Crippen LogP contribution in [0.3, 0.4) is 0 Å². The molecule has 1 aromatic carbocycles. The Bertz CT molecular complexity index is 374. The molecule has 1 aliphatic rings. The maximum absolute atomic E-state index is 11.5. The molecular weight excluding hydrogens is 219 g/mol. The smallest absolute Gasteiger partial charge is 0.140 e. The van der Waals surface area contributed by atoms with Crippen LogP contribution in [0.2, 0.25) is 10.0 Å². The molecule has 1 fully saturated rings. The average Bonchev–Trinajstić information content (AvgIpc) is 2.52. The Morgan fingerprint density at radius 2 is 2.07 bits per heavy atom. The molecule has 0 aliphatic heterocycles. The molecule has 0 spiro atoms. The zero-order valence-electron chi connectivity index (χ0n) is 7.59. The summed E-state index contributed by atoms with van der Waals surface area (Å²) in [4.78, 5) is 11.5. The summed E-state index contributed by atoms with van der Waals surface area (Å²) in [5, 5.41) is 1.22. The highest BCUT2D eigenvalue weighted by Gasteiger charge is 2.27. The van der Waals surface area contributed by atoms with Gasteiger partial charge in [-0.1, -0.05) is 29.3 Å². The molecule has 74 valence electrons. The molecule has 2 rings (SSSR count). The fourth-order valence-electron chi connectivity index (χ4n) is 1.93. The van der Waals surface area contributed by atoms with Crippen molar-refractivity contribution in [2.75, 3.05) is 0 Å². The molecule has 1 aromatic rings. The van der Waals surface area contributed by atoms with Gasteiger partial charge in [-0.15, -0.1) is 0 Å². The monoisotopic (exact) mass is 228 g/mol. The first-order valence-electron chi connectivity index (χ1n) is 4.66. The van der Waals surface area contributed by atoms with Gasteiger partial charge in [0.25, 0.3) is 0 Å². The van der Waals surface area contributed by atoms with Gasteiger partial charge in [0.15, 0.2) is 0 Å². The maximum atomic E-state index is 11.5. The summed E-state index contributed by atoms with van der Waals surface area (Å²) in [6, 6.07) is 5.34. The molecule has 0 bridgehead atoms. The summed E-state index contributed by atoms with van der Waals surface area (Å²) in [5.74, 6) is 0.300. The third-order valence-corrected chi connectivity index (χ3v) is 3.20. The highest BCUT2D eigenvalue weighted by atomic mass is 35.5. The van der Waals surface area contributed by atoms with Crippen molar-refractivity contribution >= 4 is 29.0 Å². The van der Waals surface area contributed by atoms with E-state index >= 15 is 0 Å². The minimum atomic E-state index is -0.000216. The van der Waals surface area contributed by atoms with Crippen LogP contribution < -0.4 is 0 Å². The third kappa shape index (κ3) is 1.79.